The smallest absolute Gasteiger partial charge is 0.281 e. The molecule has 14 rings (SSSR count). The van der Waals surface area contributed by atoms with Crippen molar-refractivity contribution in [2.45, 2.75) is 0 Å². The molecule has 0 radical (unpaired) electrons. The third-order valence-electron chi connectivity index (χ3n) is 19.2. The van der Waals surface area contributed by atoms with E-state index in [1.165, 1.54) is 71.5 Å². The van der Waals surface area contributed by atoms with Crippen LogP contribution < -0.4 is 42.6 Å². The largest absolute Gasteiger partial charge is 0.292 e. The number of nitrogens with zero attached hydrogens (tertiary/aromatic N) is 32. The second-order valence-corrected chi connectivity index (χ2v) is 26.5. The van der Waals surface area contributed by atoms with Crippen molar-refractivity contribution in [1.29, 1.82) is 68.4 Å². The Bertz CT molecular complexity index is 8540. The fourth-order valence-electron chi connectivity index (χ4n) is 12.7. The normalized spacial score (nSPS) is 13.1. The van der Waals surface area contributed by atoms with Gasteiger partial charge < -0.3 is 0 Å². The van der Waals surface area contributed by atoms with Crippen molar-refractivity contribution in [2.24, 2.45) is 4.99 Å². The average Bonchev–Trinajstić information content (AvgIpc) is 1.54. The molecule has 47 nitrogen and oxygen atoms in total. The van der Waals surface area contributed by atoms with Crippen molar-refractivity contribution < 1.29 is 52.7 Å². The molecule has 6 heterocycles. The van der Waals surface area contributed by atoms with Gasteiger partial charge in [-0.05, 0) is 167 Å². The van der Waals surface area contributed by atoms with Crippen LogP contribution in [0, 0.1) is 226 Å². The Morgan fingerprint density at radius 2 is 0.351 bits per heavy atom. The van der Waals surface area contributed by atoms with Gasteiger partial charge in [-0.3, -0.25) is 102 Å². The van der Waals surface area contributed by atoms with E-state index in [4.69, 9.17) is 147 Å². The zero-order valence-electron chi connectivity index (χ0n) is 72.8. The Hall–Kier alpha value is -27.0. The Morgan fingerprint density at radius 3 is 0.534 bits per heavy atom. The molecule has 148 heavy (non-hydrogen) atoms. The van der Waals surface area contributed by atoms with Crippen molar-refractivity contribution in [3.05, 3.63) is 486 Å². The maximum Gasteiger partial charge on any atom is 0.281 e. The van der Waals surface area contributed by atoms with Crippen molar-refractivity contribution in [3.8, 4) is 79.0 Å². The highest BCUT2D eigenvalue weighted by molar-refractivity contribution is 7.09. The van der Waals surface area contributed by atoms with Crippen LogP contribution >= 0.6 is 0 Å². The SMILES string of the molecule is N#CN=C1C(=O)C(=O)C1=O.O=C1C(=O)C(=O)C1=O.[C-]#[N+]/C(C#N)=c1\c(=O)c(=O)\c1=C(/C#N)[N+]#[C-].[C-]#[N+]C(C#N)=C1/C(=C(/C#N)[N+]#[C-])C(=O)/C1=C(\C#N)[N+]#[C-].[C-]#[N+]C(C#N)=C1C(=C(C#N)[N+]#[C-])C(=C(C#N)[N+]#[C-])C1=C(C#N)[N+]#[C-].[C-]#[N+]C(C#N)=C1C(=O)C(=O)C1=O.[C-]#[N+]C(C#N)=c1c(=O)c(=C(C#N)[N+]#[C-])c1=O.c1cc(C(=C2C(=C(c3ccncc3)c3ccncc3)C2=C(c2ccncc2)c2ccncc2)c2ccncc2)ccn1. The molecule has 0 atom stereocenters. The van der Waals surface area contributed by atoms with Crippen LogP contribution in [0.5, 0.6) is 0 Å². The topological polar surface area (TPSA) is 707 Å². The van der Waals surface area contributed by atoms with E-state index in [1.54, 1.807) is 24.3 Å². The molecule has 678 valence electrons. The first-order valence-electron chi connectivity index (χ1n) is 38.3. The summed E-state index contributed by atoms with van der Waals surface area (Å²) in [5.41, 5.74) is -0.421. The van der Waals surface area contributed by atoms with E-state index in [1.807, 2.05) is 74.4 Å². The van der Waals surface area contributed by atoms with Crippen LogP contribution in [0.2, 0.25) is 0 Å². The minimum atomic E-state index is -1.19. The maximum absolute atomic E-state index is 11.9. The number of allylic oxidation sites excluding steroid dienone is 19. The van der Waals surface area contributed by atoms with E-state index < -0.39 is 186 Å². The summed E-state index contributed by atoms with van der Waals surface area (Å²) in [6.07, 6.45) is 23.3. The predicted octanol–water partition coefficient (Wildman–Crippen LogP) is 4.40. The zero-order chi connectivity index (χ0) is 110. The van der Waals surface area contributed by atoms with Crippen molar-refractivity contribution >= 4 is 109 Å². The number of aromatic nitrogens is 6. The monoisotopic (exact) mass is 1920 g/mol. The van der Waals surface area contributed by atoms with Gasteiger partial charge in [0, 0.05) is 95.9 Å². The highest BCUT2D eigenvalue weighted by Gasteiger charge is 2.49. The van der Waals surface area contributed by atoms with Crippen LogP contribution in [0.15, 0.2) is 278 Å². The first-order valence-corrected chi connectivity index (χ1v) is 38.3. The van der Waals surface area contributed by atoms with Gasteiger partial charge in [0.2, 0.25) is 28.6 Å². The highest BCUT2D eigenvalue weighted by Crippen LogP contribution is 2.59. The molecule has 6 aliphatic carbocycles. The number of aliphatic imine (C=N–C) groups is 1. The second-order valence-electron chi connectivity index (χ2n) is 26.5. The average molecular weight is 1930 g/mol. The number of hydrogen-bond acceptors (Lipinski definition) is 35. The molecule has 0 unspecified atom stereocenters. The molecule has 0 N–H and O–H groups in total. The van der Waals surface area contributed by atoms with Gasteiger partial charge in [-0.2, -0.15) is 10.3 Å². The van der Waals surface area contributed by atoms with Crippen molar-refractivity contribution in [2.75, 3.05) is 0 Å². The molecular formula is C101H24N32O15. The van der Waals surface area contributed by atoms with Gasteiger partial charge in [0.25, 0.3) is 115 Å². The van der Waals surface area contributed by atoms with Gasteiger partial charge in [-0.25, -0.2) is 121 Å². The molecule has 8 aromatic rings. The minimum absolute atomic E-state index is 0.237. The fraction of sp³-hybridized carbons (Fsp3) is 0. The number of ketones is 11. The van der Waals surface area contributed by atoms with Crippen LogP contribution in [-0.4, -0.2) is 99.2 Å². The van der Waals surface area contributed by atoms with Gasteiger partial charge >= 0.3 is 0 Å². The summed E-state index contributed by atoms with van der Waals surface area (Å²) in [7, 11) is 0. The number of nitriles is 13. The van der Waals surface area contributed by atoms with Crippen LogP contribution in [0.25, 0.3) is 97.6 Å². The Balaban J connectivity index is 0.000000243. The first-order chi connectivity index (χ1) is 71.3. The first kappa shape index (κ1) is 108. The number of Topliss-reactive ketones (excluding diaryl/α,β-unsaturated/α-hetero) is 11. The number of pyridine rings is 6. The molecule has 6 aromatic heterocycles. The Labute approximate surface area is 825 Å². The summed E-state index contributed by atoms with van der Waals surface area (Å²) in [4.78, 5) is 221. The van der Waals surface area contributed by atoms with Gasteiger partial charge in [0.05, 0.1) is 168 Å². The van der Waals surface area contributed by atoms with Crippen LogP contribution in [-0.2, 0) is 52.7 Å². The van der Waals surface area contributed by atoms with Crippen LogP contribution in [0.1, 0.15) is 33.4 Å². The fourth-order valence-corrected chi connectivity index (χ4v) is 12.7. The van der Waals surface area contributed by atoms with E-state index in [0.29, 0.717) is 0 Å². The van der Waals surface area contributed by atoms with Crippen molar-refractivity contribution in [3.63, 3.8) is 0 Å². The summed E-state index contributed by atoms with van der Waals surface area (Å²) < 4.78 is 0. The summed E-state index contributed by atoms with van der Waals surface area (Å²) >= 11 is 0. The van der Waals surface area contributed by atoms with Crippen LogP contribution in [0.3, 0.4) is 0 Å². The third-order valence-corrected chi connectivity index (χ3v) is 19.2. The molecule has 6 aliphatic rings. The summed E-state index contributed by atoms with van der Waals surface area (Å²) in [5.74, 6) is -11.8. The molecule has 6 fully saturated rings. The lowest BCUT2D eigenvalue weighted by atomic mass is 9.70. The quantitative estimate of drug-likeness (QED) is 0.0555. The second kappa shape index (κ2) is 49.6. The van der Waals surface area contributed by atoms with E-state index in [2.05, 4.69) is 166 Å². The summed E-state index contributed by atoms with van der Waals surface area (Å²) in [5, 5.41) is 111. The standard InChI is InChI=1S/C36H24N6.C16N8.C13N6O.2C10N4O2.C7N2O3.C5N2O3.C4O4/c1-13-37-14-2-25(1)31(26-3-15-38-16-4-26)34-35(32(27-5-17-39-18-6-27)28-7-19-40-20-8-28)36(34)33(29-9-21-41-22-10-29)30-11-23-42-24-12-30;1-21-9(5-17)13-14(10(6-18)22-2)16(12(8-20)24-4)15(13)11(7-19)23-3;1-17-7(4-14)10-11(8(5-15)18-2)13(20)12(10)9(6-16)19-3;1-13-5(3-11)7-9(15)8(10(7)16)6(4-12)14-2;1-13-5(3-11)7-8(6(4-12)14-2)10(16)9(7)15;1-9-3(2-8)4-5(10)7(12)6(4)11;6-1-7-2-3(8)5(10)4(2)9;5-1-2(6)4(8)3(1)7/h1-24H;;;;;;;/b;;11-8+,12-9+;;7-5-,8-6+;;;. The van der Waals surface area contributed by atoms with E-state index in [0.717, 1.165) is 50.1 Å². The lowest BCUT2D eigenvalue weighted by Gasteiger charge is -2.32. The zero-order valence-corrected chi connectivity index (χ0v) is 72.8. The number of hydrogen-bond donors (Lipinski definition) is 0. The molecule has 0 aliphatic heterocycles. The lowest BCUT2D eigenvalue weighted by Crippen LogP contribution is -2.65. The Kier molecular flexibility index (Phi) is 36.2. The van der Waals surface area contributed by atoms with Gasteiger partial charge in [-0.1, -0.05) is 0 Å². The molecule has 2 aromatic carbocycles. The van der Waals surface area contributed by atoms with Crippen LogP contribution in [0.4, 0.5) is 0 Å². The van der Waals surface area contributed by atoms with E-state index in [9.17, 15) is 71.9 Å². The molecule has 0 spiro atoms. The summed E-state index contributed by atoms with van der Waals surface area (Å²) in [6, 6.07) is 42.6. The molecule has 0 bridgehead atoms. The van der Waals surface area contributed by atoms with Gasteiger partial charge in [-0.15, -0.1) is 0 Å². The number of carbonyl (C=O) groups excluding carboxylic acids is 11. The van der Waals surface area contributed by atoms with Crippen molar-refractivity contribution in [1.82, 2.24) is 29.9 Å². The maximum atomic E-state index is 11.9. The number of carbonyl (C=O) groups is 11. The highest BCUT2D eigenvalue weighted by atomic mass is 16.2. The minimum Gasteiger partial charge on any atom is -0.292 e. The molecule has 6 saturated carbocycles. The summed E-state index contributed by atoms with van der Waals surface area (Å²) in [6.45, 7) is 81.3. The van der Waals surface area contributed by atoms with E-state index >= 15 is 0 Å². The molecule has 0 saturated heterocycles. The molecular weight excluding hydrogens is 1900 g/mol. The number of rotatable bonds is 6. The molecule has 47 heteroatoms. The van der Waals surface area contributed by atoms with Gasteiger partial charge in [0.1, 0.15) is 0 Å². The Morgan fingerprint density at radius 1 is 0.189 bits per heavy atom. The lowest BCUT2D eigenvalue weighted by molar-refractivity contribution is -0.158. The van der Waals surface area contributed by atoms with E-state index in [-0.39, 0.29) is 39.0 Å². The van der Waals surface area contributed by atoms with Gasteiger partial charge in [0.15, 0.2) is 22.4 Å². The predicted molar refractivity (Wildman–Crippen MR) is 489 cm³/mol. The third kappa shape index (κ3) is 21.4. The molecule has 0 amide bonds.